The smallest absolute Gasteiger partial charge is 0.408 e. The lowest BCUT2D eigenvalue weighted by atomic mass is 10.0. The van der Waals surface area contributed by atoms with Gasteiger partial charge in [-0.3, -0.25) is 0 Å². The number of ether oxygens (including phenoxy) is 1. The maximum Gasteiger partial charge on any atom is 0.408 e. The normalized spacial score (nSPS) is 16.2. The fraction of sp³-hybridized carbons (Fsp3) is 0.765. The third-order valence-electron chi connectivity index (χ3n) is 4.15. The lowest BCUT2D eigenvalue weighted by molar-refractivity contribution is -0.110. The van der Waals surface area contributed by atoms with Gasteiger partial charge in [0.2, 0.25) is 0 Å². The maximum absolute atomic E-state index is 11.8. The molecular weight excluding hydrogens is 294 g/mol. The van der Waals surface area contributed by atoms with Gasteiger partial charge in [-0.1, -0.05) is 52.6 Å². The number of aldehydes is 1. The molecule has 4 nitrogen and oxygen atoms in total. The van der Waals surface area contributed by atoms with E-state index in [9.17, 15) is 9.59 Å². The minimum atomic E-state index is -1.54. The summed E-state index contributed by atoms with van der Waals surface area (Å²) in [7, 11) is -1.54. The van der Waals surface area contributed by atoms with E-state index in [1.165, 1.54) is 0 Å². The molecule has 0 spiro atoms. The number of hydrogen-bond acceptors (Lipinski definition) is 3. The Balaban J connectivity index is 4.84. The van der Waals surface area contributed by atoms with Crippen LogP contribution >= 0.6 is 0 Å². The summed E-state index contributed by atoms with van der Waals surface area (Å²) in [6.45, 7) is 18.6. The molecule has 0 aliphatic rings. The van der Waals surface area contributed by atoms with E-state index in [4.69, 9.17) is 4.74 Å². The minimum absolute atomic E-state index is 0.0702. The van der Waals surface area contributed by atoms with Crippen LogP contribution in [0, 0.1) is 5.92 Å². The van der Waals surface area contributed by atoms with Crippen LogP contribution in [-0.4, -0.2) is 32.1 Å². The zero-order valence-electron chi connectivity index (χ0n) is 15.6. The quantitative estimate of drug-likeness (QED) is 0.604. The molecule has 5 heteroatoms. The van der Waals surface area contributed by atoms with Crippen molar-refractivity contribution in [2.24, 2.45) is 5.92 Å². The summed E-state index contributed by atoms with van der Waals surface area (Å²) < 4.78 is 5.20. The van der Waals surface area contributed by atoms with Crippen molar-refractivity contribution in [3.05, 3.63) is 11.8 Å². The molecule has 2 atom stereocenters. The van der Waals surface area contributed by atoms with Crippen LogP contribution < -0.4 is 5.32 Å². The molecule has 0 fully saturated rings. The van der Waals surface area contributed by atoms with Crippen LogP contribution in [0.5, 0.6) is 0 Å². The molecule has 1 N–H and O–H groups in total. The Bertz CT molecular complexity index is 417. The molecule has 22 heavy (non-hydrogen) atoms. The van der Waals surface area contributed by atoms with E-state index in [1.54, 1.807) is 20.8 Å². The Labute approximate surface area is 136 Å². The summed E-state index contributed by atoms with van der Waals surface area (Å²) in [5.74, 6) is -0.0702. The van der Waals surface area contributed by atoms with Gasteiger partial charge in [-0.05, 0) is 25.8 Å². The number of amides is 1. The second-order valence-electron chi connectivity index (χ2n) is 8.50. The van der Waals surface area contributed by atoms with Gasteiger partial charge in [0.15, 0.2) is 0 Å². The summed E-state index contributed by atoms with van der Waals surface area (Å²) in [4.78, 5) is 23.1. The van der Waals surface area contributed by atoms with Gasteiger partial charge in [-0.25, -0.2) is 4.79 Å². The van der Waals surface area contributed by atoms with Crippen LogP contribution in [0.15, 0.2) is 11.8 Å². The minimum Gasteiger partial charge on any atom is -0.444 e. The van der Waals surface area contributed by atoms with Crippen LogP contribution in [0.3, 0.4) is 0 Å². The standard InChI is InChI=1S/C17H33NO3Si/c1-13(10-11-22(8,9)17(5,6)7)14(12-19)18-15(20)21-16(2,3)4/h10-14H,1-9H3,(H,18,20)/t13-,14+/m0/s1. The monoisotopic (exact) mass is 327 g/mol. The zero-order valence-corrected chi connectivity index (χ0v) is 16.6. The summed E-state index contributed by atoms with van der Waals surface area (Å²) in [5.41, 5.74) is 1.68. The Morgan fingerprint density at radius 2 is 1.64 bits per heavy atom. The van der Waals surface area contributed by atoms with Crippen molar-refractivity contribution in [1.82, 2.24) is 5.32 Å². The Kier molecular flexibility index (Phi) is 7.07. The van der Waals surface area contributed by atoms with Crippen LogP contribution in [0.4, 0.5) is 4.79 Å². The molecule has 0 saturated heterocycles. The summed E-state index contributed by atoms with van der Waals surface area (Å²) in [6, 6.07) is -0.573. The highest BCUT2D eigenvalue weighted by molar-refractivity contribution is 6.84. The molecule has 0 bridgehead atoms. The van der Waals surface area contributed by atoms with Crippen molar-refractivity contribution < 1.29 is 14.3 Å². The van der Waals surface area contributed by atoms with Gasteiger partial charge in [0.25, 0.3) is 0 Å². The van der Waals surface area contributed by atoms with Gasteiger partial charge < -0.3 is 14.8 Å². The molecule has 0 unspecified atom stereocenters. The van der Waals surface area contributed by atoms with E-state index in [-0.39, 0.29) is 11.0 Å². The van der Waals surface area contributed by atoms with Crippen LogP contribution in [-0.2, 0) is 9.53 Å². The number of nitrogens with one attached hydrogen (secondary N) is 1. The Morgan fingerprint density at radius 3 is 2.00 bits per heavy atom. The third kappa shape index (κ3) is 7.25. The summed E-state index contributed by atoms with van der Waals surface area (Å²) in [5, 5.41) is 2.88. The largest absolute Gasteiger partial charge is 0.444 e. The van der Waals surface area contributed by atoms with Crippen molar-refractivity contribution >= 4 is 20.5 Å². The second kappa shape index (κ2) is 7.44. The molecular formula is C17H33NO3Si. The first-order chi connectivity index (χ1) is 9.69. The highest BCUT2D eigenvalue weighted by Crippen LogP contribution is 2.36. The number of hydrogen-bond donors (Lipinski definition) is 1. The molecule has 0 aliphatic carbocycles. The predicted octanol–water partition coefficient (Wildman–Crippen LogP) is 4.32. The lowest BCUT2D eigenvalue weighted by Crippen LogP contribution is -2.43. The Morgan fingerprint density at radius 1 is 1.14 bits per heavy atom. The van der Waals surface area contributed by atoms with Crippen LogP contribution in [0.1, 0.15) is 48.5 Å². The first kappa shape index (κ1) is 20.9. The predicted molar refractivity (Wildman–Crippen MR) is 94.7 cm³/mol. The van der Waals surface area contributed by atoms with Crippen LogP contribution in [0.25, 0.3) is 0 Å². The molecule has 128 valence electrons. The molecule has 0 radical (unpaired) electrons. The fourth-order valence-corrected chi connectivity index (χ4v) is 2.78. The van der Waals surface area contributed by atoms with E-state index in [0.717, 1.165) is 6.29 Å². The summed E-state index contributed by atoms with van der Waals surface area (Å²) in [6.07, 6.45) is 2.26. The lowest BCUT2D eigenvalue weighted by Gasteiger charge is -2.34. The van der Waals surface area contributed by atoms with Gasteiger partial charge in [-0.2, -0.15) is 0 Å². The van der Waals surface area contributed by atoms with Crippen molar-refractivity contribution in [2.45, 2.75) is 78.2 Å². The molecule has 0 aliphatic heterocycles. The molecule has 0 aromatic rings. The fourth-order valence-electron chi connectivity index (χ4n) is 1.50. The molecule has 0 aromatic heterocycles. The first-order valence-electron chi connectivity index (χ1n) is 7.84. The van der Waals surface area contributed by atoms with Gasteiger partial charge in [0.05, 0.1) is 14.1 Å². The van der Waals surface area contributed by atoms with E-state index < -0.39 is 25.8 Å². The zero-order chi connectivity index (χ0) is 17.8. The van der Waals surface area contributed by atoms with E-state index in [1.807, 2.05) is 13.0 Å². The highest BCUT2D eigenvalue weighted by Gasteiger charge is 2.32. The van der Waals surface area contributed by atoms with Crippen molar-refractivity contribution in [3.63, 3.8) is 0 Å². The molecule has 0 rings (SSSR count). The molecule has 0 saturated carbocycles. The van der Waals surface area contributed by atoms with Gasteiger partial charge in [-0.15, -0.1) is 0 Å². The van der Waals surface area contributed by atoms with E-state index in [0.29, 0.717) is 0 Å². The van der Waals surface area contributed by atoms with Crippen molar-refractivity contribution in [1.29, 1.82) is 0 Å². The van der Waals surface area contributed by atoms with E-state index >= 15 is 0 Å². The number of alkyl carbamates (subject to hydrolysis) is 1. The topological polar surface area (TPSA) is 55.4 Å². The number of carbonyl (C=O) groups excluding carboxylic acids is 2. The molecule has 1 amide bonds. The third-order valence-corrected chi connectivity index (χ3v) is 9.04. The first-order valence-corrected chi connectivity index (χ1v) is 10.9. The second-order valence-corrected chi connectivity index (χ2v) is 13.8. The maximum atomic E-state index is 11.8. The van der Waals surface area contributed by atoms with Crippen LogP contribution in [0.2, 0.25) is 18.1 Å². The van der Waals surface area contributed by atoms with Gasteiger partial charge in [0, 0.05) is 5.92 Å². The van der Waals surface area contributed by atoms with E-state index in [2.05, 4.69) is 44.9 Å². The van der Waals surface area contributed by atoms with Crippen molar-refractivity contribution in [3.8, 4) is 0 Å². The molecule has 0 heterocycles. The number of carbonyl (C=O) groups is 2. The average Bonchev–Trinajstić information content (AvgIpc) is 2.29. The van der Waals surface area contributed by atoms with Gasteiger partial charge in [0.1, 0.15) is 11.9 Å². The Hall–Kier alpha value is -1.10. The molecule has 0 aromatic carbocycles. The van der Waals surface area contributed by atoms with Gasteiger partial charge >= 0.3 is 6.09 Å². The SMILES string of the molecule is C[C@@H](C=C[Si](C)(C)C(C)(C)C)[C@@H](C=O)NC(=O)OC(C)(C)C. The summed E-state index contributed by atoms with van der Waals surface area (Å²) >= 11 is 0. The highest BCUT2D eigenvalue weighted by atomic mass is 28.3. The average molecular weight is 328 g/mol. The van der Waals surface area contributed by atoms with Crippen molar-refractivity contribution in [2.75, 3.05) is 0 Å². The number of rotatable bonds is 5.